The number of hydrogen-bond donors (Lipinski definition) is 1. The van der Waals surface area contributed by atoms with Crippen molar-refractivity contribution in [3.63, 3.8) is 0 Å². The smallest absolute Gasteiger partial charge is 0.409 e. The van der Waals surface area contributed by atoms with Crippen LogP contribution in [0.25, 0.3) is 0 Å². The van der Waals surface area contributed by atoms with Crippen molar-refractivity contribution in [3.05, 3.63) is 23.8 Å². The molecule has 3 aliphatic heterocycles. The van der Waals surface area contributed by atoms with Gasteiger partial charge in [-0.1, -0.05) is 6.07 Å². The molecule has 9 nitrogen and oxygen atoms in total. The molecule has 0 spiro atoms. The minimum atomic E-state index is -0.242. The Balaban J connectivity index is 0.00000289. The highest BCUT2D eigenvalue weighted by Crippen LogP contribution is 2.40. The first-order valence-electron chi connectivity index (χ1n) is 11.0. The molecular formula is C22H33IN4O5. The van der Waals surface area contributed by atoms with E-state index < -0.39 is 0 Å². The number of ether oxygens (including phenoxy) is 4. The van der Waals surface area contributed by atoms with E-state index >= 15 is 0 Å². The van der Waals surface area contributed by atoms with E-state index in [-0.39, 0.29) is 42.3 Å². The van der Waals surface area contributed by atoms with Crippen LogP contribution in [0.15, 0.2) is 23.2 Å². The Morgan fingerprint density at radius 1 is 1.12 bits per heavy atom. The topological polar surface area (TPSA) is 84.9 Å². The highest BCUT2D eigenvalue weighted by Gasteiger charge is 2.36. The number of hydrogen-bond acceptors (Lipinski definition) is 6. The number of benzene rings is 1. The van der Waals surface area contributed by atoms with E-state index in [0.29, 0.717) is 19.7 Å². The van der Waals surface area contributed by atoms with Gasteiger partial charge in [0.1, 0.15) is 0 Å². The highest BCUT2D eigenvalue weighted by molar-refractivity contribution is 14.0. The van der Waals surface area contributed by atoms with E-state index in [4.69, 9.17) is 18.9 Å². The molecule has 2 fully saturated rings. The van der Waals surface area contributed by atoms with Crippen molar-refractivity contribution in [2.45, 2.75) is 25.2 Å². The zero-order chi connectivity index (χ0) is 21.7. The standard InChI is InChI=1S/C22H32N4O5.HI/c1-3-29-21(27)26-10-8-25(9-11-26)20(23-2)24-15-22(6-12-28-13-7-22)17-4-5-18-19(14-17)31-16-30-18;/h4-5,14H,3,6-13,15-16H2,1-2H3,(H,23,24);1H. The number of rotatable bonds is 4. The Morgan fingerprint density at radius 3 is 2.50 bits per heavy atom. The monoisotopic (exact) mass is 560 g/mol. The molecule has 4 rings (SSSR count). The molecule has 0 atom stereocenters. The Morgan fingerprint density at radius 2 is 1.81 bits per heavy atom. The maximum Gasteiger partial charge on any atom is 0.409 e. The largest absolute Gasteiger partial charge is 0.454 e. The number of guanidine groups is 1. The minimum Gasteiger partial charge on any atom is -0.454 e. The van der Waals surface area contributed by atoms with Gasteiger partial charge in [-0.2, -0.15) is 0 Å². The number of amides is 1. The molecule has 0 aliphatic carbocycles. The predicted molar refractivity (Wildman–Crippen MR) is 131 cm³/mol. The molecule has 32 heavy (non-hydrogen) atoms. The summed E-state index contributed by atoms with van der Waals surface area (Å²) in [5.74, 6) is 2.46. The van der Waals surface area contributed by atoms with Crippen LogP contribution >= 0.6 is 24.0 Å². The fourth-order valence-corrected chi connectivity index (χ4v) is 4.45. The summed E-state index contributed by atoms with van der Waals surface area (Å²) in [4.78, 5) is 20.4. The molecule has 0 bridgehead atoms. The van der Waals surface area contributed by atoms with E-state index in [9.17, 15) is 4.79 Å². The van der Waals surface area contributed by atoms with Gasteiger partial charge < -0.3 is 34.1 Å². The summed E-state index contributed by atoms with van der Waals surface area (Å²) in [5, 5.41) is 3.60. The van der Waals surface area contributed by atoms with Gasteiger partial charge in [-0.3, -0.25) is 4.99 Å². The molecule has 1 aromatic carbocycles. The Labute approximate surface area is 206 Å². The molecule has 0 saturated carbocycles. The molecular weight excluding hydrogens is 527 g/mol. The fraction of sp³-hybridized carbons (Fsp3) is 0.636. The van der Waals surface area contributed by atoms with Crippen molar-refractivity contribution in [2.24, 2.45) is 4.99 Å². The number of nitrogens with zero attached hydrogens (tertiary/aromatic N) is 3. The van der Waals surface area contributed by atoms with Crippen LogP contribution in [0.1, 0.15) is 25.3 Å². The lowest BCUT2D eigenvalue weighted by atomic mass is 9.74. The van der Waals surface area contributed by atoms with Crippen LogP contribution in [0.2, 0.25) is 0 Å². The Hall–Kier alpha value is -1.95. The van der Waals surface area contributed by atoms with E-state index in [2.05, 4.69) is 27.3 Å². The van der Waals surface area contributed by atoms with Gasteiger partial charge in [0.05, 0.1) is 6.61 Å². The van der Waals surface area contributed by atoms with Crippen LogP contribution in [0.3, 0.4) is 0 Å². The van der Waals surface area contributed by atoms with Crippen molar-refractivity contribution in [1.29, 1.82) is 0 Å². The molecule has 178 valence electrons. The average molecular weight is 560 g/mol. The summed E-state index contributed by atoms with van der Waals surface area (Å²) in [6, 6.07) is 6.25. The van der Waals surface area contributed by atoms with Gasteiger partial charge in [0.25, 0.3) is 0 Å². The van der Waals surface area contributed by atoms with E-state index in [1.807, 2.05) is 13.0 Å². The van der Waals surface area contributed by atoms with E-state index in [1.165, 1.54) is 5.56 Å². The molecule has 1 amide bonds. The highest BCUT2D eigenvalue weighted by atomic mass is 127. The molecule has 0 aromatic heterocycles. The molecule has 3 heterocycles. The molecule has 0 radical (unpaired) electrons. The van der Waals surface area contributed by atoms with Gasteiger partial charge in [0, 0.05) is 58.4 Å². The van der Waals surface area contributed by atoms with Gasteiger partial charge in [-0.15, -0.1) is 24.0 Å². The van der Waals surface area contributed by atoms with E-state index in [1.54, 1.807) is 11.9 Å². The number of halogens is 1. The SMILES string of the molecule is CCOC(=O)N1CCN(C(=NC)NCC2(c3ccc4c(c3)OCO4)CCOCC2)CC1.I. The third-order valence-corrected chi connectivity index (χ3v) is 6.34. The summed E-state index contributed by atoms with van der Waals surface area (Å²) in [6.07, 6.45) is 1.61. The first-order chi connectivity index (χ1) is 15.1. The van der Waals surface area contributed by atoms with Gasteiger partial charge in [0.2, 0.25) is 6.79 Å². The van der Waals surface area contributed by atoms with Crippen LogP contribution in [-0.2, 0) is 14.9 Å². The maximum absolute atomic E-state index is 12.0. The summed E-state index contributed by atoms with van der Waals surface area (Å²) >= 11 is 0. The van der Waals surface area contributed by atoms with Crippen LogP contribution in [-0.4, -0.2) is 88.2 Å². The second-order valence-electron chi connectivity index (χ2n) is 8.03. The number of aliphatic imine (C=N–C) groups is 1. The predicted octanol–water partition coefficient (Wildman–Crippen LogP) is 2.43. The minimum absolute atomic E-state index is 0. The molecule has 1 N–H and O–H groups in total. The number of fused-ring (bicyclic) bond motifs is 1. The number of piperazine rings is 1. The van der Waals surface area contributed by atoms with Gasteiger partial charge in [-0.05, 0) is 37.5 Å². The van der Waals surface area contributed by atoms with Gasteiger partial charge >= 0.3 is 6.09 Å². The summed E-state index contributed by atoms with van der Waals surface area (Å²) in [6.45, 7) is 7.40. The van der Waals surface area contributed by atoms with Crippen molar-refractivity contribution < 1.29 is 23.7 Å². The summed E-state index contributed by atoms with van der Waals surface area (Å²) < 4.78 is 21.9. The van der Waals surface area contributed by atoms with Crippen molar-refractivity contribution in [3.8, 4) is 11.5 Å². The molecule has 2 saturated heterocycles. The zero-order valence-corrected chi connectivity index (χ0v) is 21.1. The maximum atomic E-state index is 12.0. The summed E-state index contributed by atoms with van der Waals surface area (Å²) in [5.41, 5.74) is 1.16. The normalized spacial score (nSPS) is 19.9. The van der Waals surface area contributed by atoms with Crippen molar-refractivity contribution in [1.82, 2.24) is 15.1 Å². The number of carbonyl (C=O) groups excluding carboxylic acids is 1. The molecule has 3 aliphatic rings. The average Bonchev–Trinajstić information content (AvgIpc) is 3.29. The van der Waals surface area contributed by atoms with Crippen LogP contribution in [0.5, 0.6) is 11.5 Å². The van der Waals surface area contributed by atoms with Crippen molar-refractivity contribution in [2.75, 3.05) is 66.4 Å². The third-order valence-electron chi connectivity index (χ3n) is 6.34. The quantitative estimate of drug-likeness (QED) is 0.344. The summed E-state index contributed by atoms with van der Waals surface area (Å²) in [7, 11) is 1.80. The lowest BCUT2D eigenvalue weighted by Crippen LogP contribution is -2.55. The first kappa shape index (κ1) is 24.7. The van der Waals surface area contributed by atoms with Gasteiger partial charge in [0.15, 0.2) is 17.5 Å². The second-order valence-corrected chi connectivity index (χ2v) is 8.03. The lowest BCUT2D eigenvalue weighted by molar-refractivity contribution is 0.0509. The lowest BCUT2D eigenvalue weighted by Gasteiger charge is -2.40. The number of carbonyl (C=O) groups is 1. The fourth-order valence-electron chi connectivity index (χ4n) is 4.45. The van der Waals surface area contributed by atoms with Crippen LogP contribution < -0.4 is 14.8 Å². The molecule has 0 unspecified atom stereocenters. The van der Waals surface area contributed by atoms with Crippen LogP contribution in [0, 0.1) is 0 Å². The van der Waals surface area contributed by atoms with Crippen LogP contribution in [0.4, 0.5) is 4.79 Å². The zero-order valence-electron chi connectivity index (χ0n) is 18.8. The molecule has 10 heteroatoms. The number of nitrogens with one attached hydrogen (secondary N) is 1. The molecule has 1 aromatic rings. The second kappa shape index (κ2) is 11.3. The Bertz CT molecular complexity index is 808. The first-order valence-corrected chi connectivity index (χ1v) is 11.0. The Kier molecular flexibility index (Phi) is 8.69. The third kappa shape index (κ3) is 5.33. The van der Waals surface area contributed by atoms with Crippen molar-refractivity contribution >= 4 is 36.0 Å². The van der Waals surface area contributed by atoms with E-state index in [0.717, 1.165) is 63.1 Å². The van der Waals surface area contributed by atoms with Gasteiger partial charge in [-0.25, -0.2) is 4.79 Å².